The molecule has 4 nitrogen and oxygen atoms in total. The minimum absolute atomic E-state index is 0. The minimum atomic E-state index is 0. The van der Waals surface area contributed by atoms with E-state index in [9.17, 15) is 0 Å². The van der Waals surface area contributed by atoms with Crippen LogP contribution in [0.3, 0.4) is 0 Å². The van der Waals surface area contributed by atoms with Crippen LogP contribution in [0.15, 0.2) is 29.4 Å². The zero-order chi connectivity index (χ0) is 13.0. The summed E-state index contributed by atoms with van der Waals surface area (Å²) in [7, 11) is 3.92. The zero-order valence-electron chi connectivity index (χ0n) is 11.4. The van der Waals surface area contributed by atoms with Gasteiger partial charge >= 0.3 is 0 Å². The van der Waals surface area contributed by atoms with Gasteiger partial charge in [0.25, 0.3) is 0 Å². The molecule has 0 aliphatic heterocycles. The normalized spacial score (nSPS) is 10.3. The maximum absolute atomic E-state index is 4.21. The lowest BCUT2D eigenvalue weighted by Gasteiger charge is -2.05. The molecule has 1 aromatic carbocycles. The Kier molecular flexibility index (Phi) is 6.34. The van der Waals surface area contributed by atoms with E-state index in [2.05, 4.69) is 46.7 Å². The number of aromatic nitrogens is 3. The Hall–Kier alpha value is -1.04. The molecule has 0 amide bonds. The van der Waals surface area contributed by atoms with Gasteiger partial charge in [-0.3, -0.25) is 0 Å². The summed E-state index contributed by atoms with van der Waals surface area (Å²) in [6.45, 7) is 2.88. The van der Waals surface area contributed by atoms with E-state index in [-0.39, 0.29) is 12.4 Å². The highest BCUT2D eigenvalue weighted by molar-refractivity contribution is 7.98. The third kappa shape index (κ3) is 3.96. The van der Waals surface area contributed by atoms with Crippen LogP contribution in [-0.2, 0) is 19.3 Å². The standard InChI is InChI=1S/C13H18N4S.ClH/c1-10-6-4-5-7-11(10)9-18-13-16-15-12(8-14-2)17(13)3;/h4-7,14H,8-9H2,1-3H3;1H. The van der Waals surface area contributed by atoms with Crippen molar-refractivity contribution in [3.63, 3.8) is 0 Å². The Morgan fingerprint density at radius 2 is 2.00 bits per heavy atom. The first kappa shape index (κ1) is 16.0. The van der Waals surface area contributed by atoms with Crippen LogP contribution in [0.2, 0.25) is 0 Å². The molecule has 6 heteroatoms. The molecule has 0 aliphatic rings. The summed E-state index contributed by atoms with van der Waals surface area (Å²) in [5, 5.41) is 12.4. The van der Waals surface area contributed by atoms with Crippen molar-refractivity contribution in [1.29, 1.82) is 0 Å². The minimum Gasteiger partial charge on any atom is -0.313 e. The molecule has 2 rings (SSSR count). The summed E-state index contributed by atoms with van der Waals surface area (Å²) in [5.74, 6) is 1.89. The van der Waals surface area contributed by atoms with Crippen LogP contribution in [0.25, 0.3) is 0 Å². The molecule has 0 saturated carbocycles. The van der Waals surface area contributed by atoms with Crippen molar-refractivity contribution in [1.82, 2.24) is 20.1 Å². The number of benzene rings is 1. The fourth-order valence-electron chi connectivity index (χ4n) is 1.70. The van der Waals surface area contributed by atoms with Crippen LogP contribution in [0, 0.1) is 6.92 Å². The molecule has 0 fully saturated rings. The summed E-state index contributed by atoms with van der Waals surface area (Å²) in [6.07, 6.45) is 0. The topological polar surface area (TPSA) is 42.7 Å². The summed E-state index contributed by atoms with van der Waals surface area (Å²) in [5.41, 5.74) is 2.67. The molecular weight excluding hydrogens is 280 g/mol. The molecule has 0 unspecified atom stereocenters. The van der Waals surface area contributed by atoms with E-state index in [4.69, 9.17) is 0 Å². The Labute approximate surface area is 124 Å². The van der Waals surface area contributed by atoms with E-state index in [0.29, 0.717) is 0 Å². The number of thioether (sulfide) groups is 1. The van der Waals surface area contributed by atoms with Crippen LogP contribution >= 0.6 is 24.2 Å². The first-order valence-corrected chi connectivity index (χ1v) is 6.91. The second-order valence-electron chi connectivity index (χ2n) is 4.20. The highest BCUT2D eigenvalue weighted by Gasteiger charge is 2.08. The van der Waals surface area contributed by atoms with Crippen LogP contribution in [0.5, 0.6) is 0 Å². The Bertz CT molecular complexity index is 527. The van der Waals surface area contributed by atoms with Gasteiger partial charge in [0.05, 0.1) is 6.54 Å². The quantitative estimate of drug-likeness (QED) is 0.862. The number of nitrogens with zero attached hydrogens (tertiary/aromatic N) is 3. The molecule has 0 aliphatic carbocycles. The van der Waals surface area contributed by atoms with Gasteiger partial charge in [-0.05, 0) is 25.1 Å². The molecular formula is C13H19ClN4S. The number of hydrogen-bond acceptors (Lipinski definition) is 4. The lowest BCUT2D eigenvalue weighted by atomic mass is 10.1. The van der Waals surface area contributed by atoms with Crippen LogP contribution < -0.4 is 5.32 Å². The highest BCUT2D eigenvalue weighted by atomic mass is 35.5. The summed E-state index contributed by atoms with van der Waals surface area (Å²) >= 11 is 1.72. The van der Waals surface area contributed by atoms with Crippen LogP contribution in [-0.4, -0.2) is 21.8 Å². The number of rotatable bonds is 5. The fraction of sp³-hybridized carbons (Fsp3) is 0.385. The molecule has 1 aromatic heterocycles. The number of aryl methyl sites for hydroxylation is 1. The van der Waals surface area contributed by atoms with Gasteiger partial charge in [0, 0.05) is 12.8 Å². The van der Waals surface area contributed by atoms with Gasteiger partial charge in [0.2, 0.25) is 0 Å². The zero-order valence-corrected chi connectivity index (χ0v) is 13.0. The maximum atomic E-state index is 4.21. The molecule has 104 valence electrons. The van der Waals surface area contributed by atoms with Crippen molar-refractivity contribution in [2.45, 2.75) is 24.4 Å². The van der Waals surface area contributed by atoms with Crippen molar-refractivity contribution in [3.05, 3.63) is 41.2 Å². The molecule has 2 aromatic rings. The molecule has 1 N–H and O–H groups in total. The summed E-state index contributed by atoms with van der Waals surface area (Å²) in [4.78, 5) is 0. The van der Waals surface area contributed by atoms with Gasteiger partial charge in [0.1, 0.15) is 5.82 Å². The molecule has 0 atom stereocenters. The average molecular weight is 299 g/mol. The predicted molar refractivity (Wildman–Crippen MR) is 81.8 cm³/mol. The Morgan fingerprint density at radius 1 is 1.26 bits per heavy atom. The predicted octanol–water partition coefficient (Wildman–Crippen LogP) is 2.56. The lowest BCUT2D eigenvalue weighted by molar-refractivity contribution is 0.682. The van der Waals surface area contributed by atoms with Gasteiger partial charge in [0.15, 0.2) is 5.16 Å². The van der Waals surface area contributed by atoms with Crippen molar-refractivity contribution >= 4 is 24.2 Å². The van der Waals surface area contributed by atoms with Gasteiger partial charge in [-0.15, -0.1) is 22.6 Å². The fourth-order valence-corrected chi connectivity index (χ4v) is 2.70. The van der Waals surface area contributed by atoms with Crippen LogP contribution in [0.1, 0.15) is 17.0 Å². The van der Waals surface area contributed by atoms with E-state index < -0.39 is 0 Å². The average Bonchev–Trinajstić information content (AvgIpc) is 2.71. The second-order valence-corrected chi connectivity index (χ2v) is 5.15. The molecule has 0 bridgehead atoms. The van der Waals surface area contributed by atoms with Gasteiger partial charge in [-0.25, -0.2) is 0 Å². The first-order valence-electron chi connectivity index (χ1n) is 5.92. The highest BCUT2D eigenvalue weighted by Crippen LogP contribution is 2.22. The molecule has 19 heavy (non-hydrogen) atoms. The lowest BCUT2D eigenvalue weighted by Crippen LogP contribution is -2.10. The monoisotopic (exact) mass is 298 g/mol. The molecule has 1 heterocycles. The number of hydrogen-bond donors (Lipinski definition) is 1. The van der Waals surface area contributed by atoms with E-state index >= 15 is 0 Å². The first-order chi connectivity index (χ1) is 8.72. The van der Waals surface area contributed by atoms with Crippen molar-refractivity contribution in [2.75, 3.05) is 7.05 Å². The van der Waals surface area contributed by atoms with E-state index in [1.807, 2.05) is 18.7 Å². The van der Waals surface area contributed by atoms with Crippen molar-refractivity contribution < 1.29 is 0 Å². The smallest absolute Gasteiger partial charge is 0.191 e. The third-order valence-electron chi connectivity index (χ3n) is 2.88. The molecule has 0 spiro atoms. The number of nitrogens with one attached hydrogen (secondary N) is 1. The van der Waals surface area contributed by atoms with Crippen molar-refractivity contribution in [3.8, 4) is 0 Å². The second kappa shape index (κ2) is 7.53. The maximum Gasteiger partial charge on any atom is 0.191 e. The van der Waals surface area contributed by atoms with Gasteiger partial charge < -0.3 is 9.88 Å². The van der Waals surface area contributed by atoms with Crippen molar-refractivity contribution in [2.24, 2.45) is 7.05 Å². The molecule has 0 saturated heterocycles. The van der Waals surface area contributed by atoms with Gasteiger partial charge in [-0.1, -0.05) is 36.0 Å². The molecule has 0 radical (unpaired) electrons. The summed E-state index contributed by atoms with van der Waals surface area (Å²) in [6, 6.07) is 8.44. The van der Waals surface area contributed by atoms with Gasteiger partial charge in [-0.2, -0.15) is 0 Å². The third-order valence-corrected chi connectivity index (χ3v) is 3.95. The largest absolute Gasteiger partial charge is 0.313 e. The summed E-state index contributed by atoms with van der Waals surface area (Å²) < 4.78 is 2.04. The number of halogens is 1. The SMILES string of the molecule is CNCc1nnc(SCc2ccccc2C)n1C.Cl. The Balaban J connectivity index is 0.00000180. The Morgan fingerprint density at radius 3 is 2.68 bits per heavy atom. The van der Waals surface area contributed by atoms with E-state index in [0.717, 1.165) is 23.3 Å². The van der Waals surface area contributed by atoms with E-state index in [1.165, 1.54) is 11.1 Å². The van der Waals surface area contributed by atoms with E-state index in [1.54, 1.807) is 11.8 Å². The van der Waals surface area contributed by atoms with Crippen LogP contribution in [0.4, 0.5) is 0 Å².